The molecule has 0 aromatic carbocycles. The molecule has 0 saturated heterocycles. The van der Waals surface area contributed by atoms with E-state index in [1.807, 2.05) is 0 Å². The van der Waals surface area contributed by atoms with Crippen LogP contribution in [0.2, 0.25) is 0 Å². The lowest BCUT2D eigenvalue weighted by Gasteiger charge is -2.15. The fourth-order valence-corrected chi connectivity index (χ4v) is 1.05. The van der Waals surface area contributed by atoms with E-state index in [9.17, 15) is 14.4 Å². The summed E-state index contributed by atoms with van der Waals surface area (Å²) in [6.45, 7) is 3.32. The van der Waals surface area contributed by atoms with Gasteiger partial charge in [-0.2, -0.15) is 0 Å². The molecule has 1 atom stereocenters. The van der Waals surface area contributed by atoms with Crippen molar-refractivity contribution in [1.29, 1.82) is 0 Å². The number of hydrogen-bond acceptors (Lipinski definition) is 3. The molecule has 0 heterocycles. The van der Waals surface area contributed by atoms with Crippen molar-refractivity contribution in [2.45, 2.75) is 39.2 Å². The Balaban J connectivity index is 4.13. The molecule has 6 nitrogen and oxygen atoms in total. The molecule has 0 aliphatic carbocycles. The lowest BCUT2D eigenvalue weighted by atomic mass is 10.1. The molecule has 0 fully saturated rings. The Hall–Kier alpha value is -1.59. The van der Waals surface area contributed by atoms with Crippen molar-refractivity contribution in [2.75, 3.05) is 0 Å². The number of hydrogen-bond donors (Lipinski definition) is 3. The van der Waals surface area contributed by atoms with Crippen LogP contribution in [-0.4, -0.2) is 34.1 Å². The fourth-order valence-electron chi connectivity index (χ4n) is 1.05. The normalized spacial score (nSPS) is 12.2. The molecule has 0 aromatic heterocycles. The van der Waals surface area contributed by atoms with Crippen LogP contribution in [-0.2, 0) is 14.4 Å². The third-order valence-electron chi connectivity index (χ3n) is 2.02. The SMILES string of the molecule is CC(C)C(=O)N[C@H](CCCC(=O)O)C(=O)O. The van der Waals surface area contributed by atoms with Gasteiger partial charge >= 0.3 is 11.9 Å². The van der Waals surface area contributed by atoms with Gasteiger partial charge in [0.25, 0.3) is 0 Å². The van der Waals surface area contributed by atoms with E-state index in [2.05, 4.69) is 5.32 Å². The van der Waals surface area contributed by atoms with Crippen LogP contribution < -0.4 is 5.32 Å². The van der Waals surface area contributed by atoms with E-state index < -0.39 is 18.0 Å². The Labute approximate surface area is 93.6 Å². The molecular formula is C10H17NO5. The quantitative estimate of drug-likeness (QED) is 0.590. The van der Waals surface area contributed by atoms with Crippen LogP contribution in [0.25, 0.3) is 0 Å². The highest BCUT2D eigenvalue weighted by atomic mass is 16.4. The zero-order chi connectivity index (χ0) is 12.7. The Kier molecular flexibility index (Phi) is 6.14. The van der Waals surface area contributed by atoms with Crippen LogP contribution in [0.1, 0.15) is 33.1 Å². The van der Waals surface area contributed by atoms with Gasteiger partial charge in [0.15, 0.2) is 0 Å². The van der Waals surface area contributed by atoms with E-state index in [0.717, 1.165) is 0 Å². The predicted molar refractivity (Wildman–Crippen MR) is 55.9 cm³/mol. The number of carboxylic acids is 2. The summed E-state index contributed by atoms with van der Waals surface area (Å²) >= 11 is 0. The summed E-state index contributed by atoms with van der Waals surface area (Å²) in [4.78, 5) is 32.3. The van der Waals surface area contributed by atoms with Gasteiger partial charge in [0, 0.05) is 12.3 Å². The first-order valence-electron chi connectivity index (χ1n) is 5.09. The molecule has 3 N–H and O–H groups in total. The van der Waals surface area contributed by atoms with Gasteiger partial charge in [-0.05, 0) is 12.8 Å². The Morgan fingerprint density at radius 2 is 1.75 bits per heavy atom. The molecular weight excluding hydrogens is 214 g/mol. The second kappa shape index (κ2) is 6.81. The smallest absolute Gasteiger partial charge is 0.326 e. The van der Waals surface area contributed by atoms with Crippen LogP contribution >= 0.6 is 0 Å². The molecule has 0 unspecified atom stereocenters. The minimum Gasteiger partial charge on any atom is -0.481 e. The van der Waals surface area contributed by atoms with Crippen molar-refractivity contribution in [3.05, 3.63) is 0 Å². The maximum Gasteiger partial charge on any atom is 0.326 e. The first kappa shape index (κ1) is 14.4. The summed E-state index contributed by atoms with van der Waals surface area (Å²) in [6, 6.07) is -1.01. The van der Waals surface area contributed by atoms with Crippen molar-refractivity contribution in [3.63, 3.8) is 0 Å². The maximum absolute atomic E-state index is 11.3. The van der Waals surface area contributed by atoms with Crippen molar-refractivity contribution >= 4 is 17.8 Å². The molecule has 6 heteroatoms. The average Bonchev–Trinajstić information content (AvgIpc) is 2.14. The van der Waals surface area contributed by atoms with Crippen molar-refractivity contribution in [3.8, 4) is 0 Å². The van der Waals surface area contributed by atoms with E-state index in [1.165, 1.54) is 0 Å². The topological polar surface area (TPSA) is 104 Å². The van der Waals surface area contributed by atoms with E-state index in [-0.39, 0.29) is 31.1 Å². The zero-order valence-corrected chi connectivity index (χ0v) is 9.40. The Bertz CT molecular complexity index is 274. The lowest BCUT2D eigenvalue weighted by Crippen LogP contribution is -2.42. The fraction of sp³-hybridized carbons (Fsp3) is 0.700. The van der Waals surface area contributed by atoms with Crippen molar-refractivity contribution in [1.82, 2.24) is 5.32 Å². The number of carbonyl (C=O) groups is 3. The van der Waals surface area contributed by atoms with Gasteiger partial charge in [0.05, 0.1) is 0 Å². The van der Waals surface area contributed by atoms with Crippen LogP contribution in [0.15, 0.2) is 0 Å². The summed E-state index contributed by atoms with van der Waals surface area (Å²) in [5, 5.41) is 19.6. The van der Waals surface area contributed by atoms with E-state index in [1.54, 1.807) is 13.8 Å². The van der Waals surface area contributed by atoms with Crippen LogP contribution in [0, 0.1) is 5.92 Å². The molecule has 0 aromatic rings. The number of carboxylic acid groups (broad SMARTS) is 2. The van der Waals surface area contributed by atoms with Crippen molar-refractivity contribution in [2.24, 2.45) is 5.92 Å². The Morgan fingerprint density at radius 1 is 1.19 bits per heavy atom. The van der Waals surface area contributed by atoms with Gasteiger partial charge in [0.2, 0.25) is 5.91 Å². The van der Waals surface area contributed by atoms with Crippen LogP contribution in [0.4, 0.5) is 0 Å². The lowest BCUT2D eigenvalue weighted by molar-refractivity contribution is -0.143. The first-order chi connectivity index (χ1) is 7.34. The largest absolute Gasteiger partial charge is 0.481 e. The minimum atomic E-state index is -1.14. The first-order valence-corrected chi connectivity index (χ1v) is 5.09. The number of nitrogens with one attached hydrogen (secondary N) is 1. The second-order valence-electron chi connectivity index (χ2n) is 3.84. The molecule has 0 aliphatic heterocycles. The van der Waals surface area contributed by atoms with Gasteiger partial charge in [-0.15, -0.1) is 0 Å². The summed E-state index contributed by atoms with van der Waals surface area (Å²) < 4.78 is 0. The highest BCUT2D eigenvalue weighted by Crippen LogP contribution is 2.03. The number of aliphatic carboxylic acids is 2. The van der Waals surface area contributed by atoms with Gasteiger partial charge in [-0.1, -0.05) is 13.8 Å². The standard InChI is InChI=1S/C10H17NO5/c1-6(2)9(14)11-7(10(15)16)4-3-5-8(12)13/h6-7H,3-5H2,1-2H3,(H,11,14)(H,12,13)(H,15,16)/t7-/m1/s1. The third kappa shape index (κ3) is 6.00. The zero-order valence-electron chi connectivity index (χ0n) is 9.40. The van der Waals surface area contributed by atoms with Gasteiger partial charge in [-0.25, -0.2) is 4.79 Å². The molecule has 0 aliphatic rings. The molecule has 92 valence electrons. The Morgan fingerprint density at radius 3 is 2.12 bits per heavy atom. The van der Waals surface area contributed by atoms with E-state index in [4.69, 9.17) is 10.2 Å². The summed E-state index contributed by atoms with van der Waals surface area (Å²) in [7, 11) is 0. The molecule has 16 heavy (non-hydrogen) atoms. The molecule has 0 radical (unpaired) electrons. The third-order valence-corrected chi connectivity index (χ3v) is 2.02. The molecule has 0 rings (SSSR count). The minimum absolute atomic E-state index is 0.0959. The second-order valence-corrected chi connectivity index (χ2v) is 3.84. The van der Waals surface area contributed by atoms with Gasteiger partial charge in [0.1, 0.15) is 6.04 Å². The average molecular weight is 231 g/mol. The number of carbonyl (C=O) groups excluding carboxylic acids is 1. The van der Waals surface area contributed by atoms with E-state index in [0.29, 0.717) is 0 Å². The van der Waals surface area contributed by atoms with Crippen molar-refractivity contribution < 1.29 is 24.6 Å². The highest BCUT2D eigenvalue weighted by Gasteiger charge is 2.20. The number of rotatable bonds is 7. The highest BCUT2D eigenvalue weighted by molar-refractivity contribution is 5.84. The molecule has 1 amide bonds. The van der Waals surface area contributed by atoms with Crippen LogP contribution in [0.5, 0.6) is 0 Å². The summed E-state index contributed by atoms with van der Waals surface area (Å²) in [5.41, 5.74) is 0. The molecule has 0 saturated carbocycles. The predicted octanol–water partition coefficient (Wildman–Crippen LogP) is 0.467. The molecule has 0 spiro atoms. The monoisotopic (exact) mass is 231 g/mol. The molecule has 0 bridgehead atoms. The number of amides is 1. The summed E-state index contributed by atoms with van der Waals surface area (Å²) in [5.74, 6) is -2.75. The van der Waals surface area contributed by atoms with Gasteiger partial charge < -0.3 is 15.5 Å². The maximum atomic E-state index is 11.3. The van der Waals surface area contributed by atoms with Gasteiger partial charge in [-0.3, -0.25) is 9.59 Å². The van der Waals surface area contributed by atoms with E-state index >= 15 is 0 Å². The summed E-state index contributed by atoms with van der Waals surface area (Å²) in [6.07, 6.45) is 0.256. The van der Waals surface area contributed by atoms with Crippen LogP contribution in [0.3, 0.4) is 0 Å².